The molecule has 0 fully saturated rings. The summed E-state index contributed by atoms with van der Waals surface area (Å²) in [7, 11) is 0. The topological polar surface area (TPSA) is 60.1 Å². The molecule has 3 aromatic rings. The van der Waals surface area contributed by atoms with Gasteiger partial charge in [-0.1, -0.05) is 18.2 Å². The Morgan fingerprint density at radius 3 is 2.96 bits per heavy atom. The highest BCUT2D eigenvalue weighted by molar-refractivity contribution is 7.98. The van der Waals surface area contributed by atoms with Crippen LogP contribution < -0.4 is 5.32 Å². The van der Waals surface area contributed by atoms with Gasteiger partial charge in [-0.2, -0.15) is 16.9 Å². The smallest absolute Gasteiger partial charge is 0.249 e. The van der Waals surface area contributed by atoms with Gasteiger partial charge in [0.15, 0.2) is 0 Å². The van der Waals surface area contributed by atoms with E-state index in [-0.39, 0.29) is 5.91 Å². The van der Waals surface area contributed by atoms with Crippen molar-refractivity contribution in [2.45, 2.75) is 18.4 Å². The molecule has 6 heteroatoms. The molecular formula is C19H17N3O2S. The summed E-state index contributed by atoms with van der Waals surface area (Å²) in [6.07, 6.45) is 4.70. The number of para-hydroxylation sites is 1. The fourth-order valence-corrected chi connectivity index (χ4v) is 3.85. The van der Waals surface area contributed by atoms with Crippen molar-refractivity contribution < 1.29 is 9.21 Å². The maximum atomic E-state index is 12.4. The second kappa shape index (κ2) is 6.64. The fraction of sp³-hybridized carbons (Fsp3) is 0.158. The number of anilines is 1. The zero-order chi connectivity index (χ0) is 17.2. The Morgan fingerprint density at radius 1 is 1.28 bits per heavy atom. The van der Waals surface area contributed by atoms with Crippen molar-refractivity contribution in [3.8, 4) is 5.69 Å². The quantitative estimate of drug-likeness (QED) is 0.717. The van der Waals surface area contributed by atoms with Crippen LogP contribution in [0.2, 0.25) is 0 Å². The Labute approximate surface area is 149 Å². The number of fused-ring (bicyclic) bond motifs is 1. The van der Waals surface area contributed by atoms with Crippen LogP contribution >= 0.6 is 11.8 Å². The number of hydrogen-bond donors (Lipinski definition) is 1. The van der Waals surface area contributed by atoms with E-state index in [0.29, 0.717) is 5.76 Å². The van der Waals surface area contributed by atoms with E-state index in [1.54, 1.807) is 24.5 Å². The van der Waals surface area contributed by atoms with Crippen molar-refractivity contribution in [3.63, 3.8) is 0 Å². The van der Waals surface area contributed by atoms with Gasteiger partial charge in [0.2, 0.25) is 5.91 Å². The van der Waals surface area contributed by atoms with Crippen molar-refractivity contribution in [3.05, 3.63) is 71.3 Å². The van der Waals surface area contributed by atoms with Gasteiger partial charge in [-0.25, -0.2) is 4.68 Å². The van der Waals surface area contributed by atoms with Gasteiger partial charge in [0.05, 0.1) is 17.6 Å². The molecule has 0 bridgehead atoms. The average molecular weight is 351 g/mol. The third-order valence-electron chi connectivity index (χ3n) is 4.08. The normalized spacial score (nSPS) is 13.3. The molecule has 0 aliphatic carbocycles. The Balaban J connectivity index is 1.67. The molecule has 126 valence electrons. The SMILES string of the molecule is Cc1ccccc1-n1nc2c(c1NC(=O)C=Cc1ccco1)CSC2. The van der Waals surface area contributed by atoms with Gasteiger partial charge in [0, 0.05) is 23.1 Å². The molecule has 1 aromatic carbocycles. The lowest BCUT2D eigenvalue weighted by Crippen LogP contribution is -2.14. The fourth-order valence-electron chi connectivity index (χ4n) is 2.82. The summed E-state index contributed by atoms with van der Waals surface area (Å²) in [6.45, 7) is 2.04. The number of rotatable bonds is 4. The molecule has 1 N–H and O–H groups in total. The number of amides is 1. The molecule has 0 saturated heterocycles. The molecule has 1 aliphatic rings. The molecule has 1 aliphatic heterocycles. The van der Waals surface area contributed by atoms with Gasteiger partial charge in [-0.15, -0.1) is 0 Å². The molecule has 0 saturated carbocycles. The zero-order valence-corrected chi connectivity index (χ0v) is 14.5. The average Bonchev–Trinajstić information content (AvgIpc) is 3.32. The standard InChI is InChI=1S/C19H17N3O2S/c1-13-5-2-3-7-17(13)22-19(15-11-25-12-16(15)21-22)20-18(23)9-8-14-6-4-10-24-14/h2-10H,11-12H2,1H3,(H,20,23). The van der Waals surface area contributed by atoms with Gasteiger partial charge in [-0.05, 0) is 36.8 Å². The Morgan fingerprint density at radius 2 is 2.16 bits per heavy atom. The van der Waals surface area contributed by atoms with Crippen molar-refractivity contribution in [2.24, 2.45) is 0 Å². The third kappa shape index (κ3) is 3.13. The maximum absolute atomic E-state index is 12.4. The number of hydrogen-bond acceptors (Lipinski definition) is 4. The van der Waals surface area contributed by atoms with Crippen LogP contribution in [-0.4, -0.2) is 15.7 Å². The van der Waals surface area contributed by atoms with E-state index < -0.39 is 0 Å². The van der Waals surface area contributed by atoms with Crippen LogP contribution in [0.3, 0.4) is 0 Å². The minimum atomic E-state index is -0.203. The summed E-state index contributed by atoms with van der Waals surface area (Å²) < 4.78 is 7.06. The molecule has 0 atom stereocenters. The van der Waals surface area contributed by atoms with Crippen LogP contribution in [0.25, 0.3) is 11.8 Å². The Hall–Kier alpha value is -2.73. The van der Waals surface area contributed by atoms with Crippen LogP contribution in [0.5, 0.6) is 0 Å². The van der Waals surface area contributed by atoms with E-state index in [0.717, 1.165) is 39.8 Å². The van der Waals surface area contributed by atoms with Gasteiger partial charge >= 0.3 is 0 Å². The first-order valence-corrected chi connectivity index (χ1v) is 9.15. The molecule has 2 aromatic heterocycles. The summed E-state index contributed by atoms with van der Waals surface area (Å²) in [6, 6.07) is 11.6. The summed E-state index contributed by atoms with van der Waals surface area (Å²) >= 11 is 1.81. The van der Waals surface area contributed by atoms with Crippen LogP contribution in [-0.2, 0) is 16.3 Å². The first-order valence-electron chi connectivity index (χ1n) is 7.99. The van der Waals surface area contributed by atoms with Crippen molar-refractivity contribution >= 4 is 29.6 Å². The number of carbonyl (C=O) groups excluding carboxylic acids is 1. The van der Waals surface area contributed by atoms with E-state index in [1.165, 1.54) is 6.08 Å². The molecule has 0 unspecified atom stereocenters. The molecule has 1 amide bonds. The van der Waals surface area contributed by atoms with Crippen molar-refractivity contribution in [1.82, 2.24) is 9.78 Å². The summed E-state index contributed by atoms with van der Waals surface area (Å²) in [4.78, 5) is 12.4. The van der Waals surface area contributed by atoms with Gasteiger partial charge < -0.3 is 9.73 Å². The van der Waals surface area contributed by atoms with E-state index >= 15 is 0 Å². The number of furan rings is 1. The first kappa shape index (κ1) is 15.8. The monoisotopic (exact) mass is 351 g/mol. The molecule has 25 heavy (non-hydrogen) atoms. The van der Waals surface area contributed by atoms with Crippen molar-refractivity contribution in [1.29, 1.82) is 0 Å². The number of nitrogens with one attached hydrogen (secondary N) is 1. The number of aromatic nitrogens is 2. The highest BCUT2D eigenvalue weighted by atomic mass is 32.2. The number of benzene rings is 1. The summed E-state index contributed by atoms with van der Waals surface area (Å²) in [5, 5.41) is 7.72. The highest BCUT2D eigenvalue weighted by Gasteiger charge is 2.24. The minimum Gasteiger partial charge on any atom is -0.465 e. The van der Waals surface area contributed by atoms with E-state index in [4.69, 9.17) is 9.52 Å². The third-order valence-corrected chi connectivity index (χ3v) is 5.05. The van der Waals surface area contributed by atoms with Crippen LogP contribution in [0, 0.1) is 6.92 Å². The van der Waals surface area contributed by atoms with E-state index in [1.807, 2.05) is 47.6 Å². The van der Waals surface area contributed by atoms with E-state index in [9.17, 15) is 4.79 Å². The number of nitrogens with zero attached hydrogens (tertiary/aromatic N) is 2. The van der Waals surface area contributed by atoms with Crippen molar-refractivity contribution in [2.75, 3.05) is 5.32 Å². The van der Waals surface area contributed by atoms with Gasteiger partial charge in [0.25, 0.3) is 0 Å². The highest BCUT2D eigenvalue weighted by Crippen LogP contribution is 2.36. The lowest BCUT2D eigenvalue weighted by atomic mass is 10.2. The molecule has 3 heterocycles. The lowest BCUT2D eigenvalue weighted by molar-refractivity contribution is -0.111. The largest absolute Gasteiger partial charge is 0.465 e. The van der Waals surface area contributed by atoms with Crippen LogP contribution in [0.4, 0.5) is 5.82 Å². The molecule has 4 rings (SSSR count). The van der Waals surface area contributed by atoms with Gasteiger partial charge in [-0.3, -0.25) is 4.79 Å². The zero-order valence-electron chi connectivity index (χ0n) is 13.7. The minimum absolute atomic E-state index is 0.203. The second-order valence-corrected chi connectivity index (χ2v) is 6.79. The Kier molecular flexibility index (Phi) is 4.19. The predicted molar refractivity (Wildman–Crippen MR) is 99.7 cm³/mol. The lowest BCUT2D eigenvalue weighted by Gasteiger charge is -2.11. The molecule has 0 spiro atoms. The second-order valence-electron chi connectivity index (χ2n) is 5.80. The summed E-state index contributed by atoms with van der Waals surface area (Å²) in [5.41, 5.74) is 4.23. The van der Waals surface area contributed by atoms with Gasteiger partial charge in [0.1, 0.15) is 11.6 Å². The predicted octanol–water partition coefficient (Wildman–Crippen LogP) is 4.17. The molecular weight excluding hydrogens is 334 g/mol. The Bertz CT molecular complexity index is 942. The molecule has 5 nitrogen and oxygen atoms in total. The first-order chi connectivity index (χ1) is 12.2. The maximum Gasteiger partial charge on any atom is 0.249 e. The number of thioether (sulfide) groups is 1. The number of aryl methyl sites for hydroxylation is 1. The van der Waals surface area contributed by atoms with E-state index in [2.05, 4.69) is 5.32 Å². The van der Waals surface area contributed by atoms with Crippen LogP contribution in [0.1, 0.15) is 22.6 Å². The summed E-state index contributed by atoms with van der Waals surface area (Å²) in [5.74, 6) is 2.93. The molecule has 0 radical (unpaired) electrons. The van der Waals surface area contributed by atoms with Crippen LogP contribution in [0.15, 0.2) is 53.2 Å². The number of carbonyl (C=O) groups is 1.